The molecule has 0 aromatic carbocycles. The van der Waals surface area contributed by atoms with Gasteiger partial charge in [0.15, 0.2) is 0 Å². The smallest absolute Gasteiger partial charge is 0.237 e. The molecule has 1 fully saturated rings. The first kappa shape index (κ1) is 15.2. The van der Waals surface area contributed by atoms with Crippen molar-refractivity contribution < 1.29 is 9.59 Å². The Morgan fingerprint density at radius 3 is 2.22 bits per heavy atom. The second-order valence-electron chi connectivity index (χ2n) is 5.74. The second kappa shape index (κ2) is 6.88. The van der Waals surface area contributed by atoms with Gasteiger partial charge in [-0.3, -0.25) is 14.5 Å². The van der Waals surface area contributed by atoms with Gasteiger partial charge in [-0.1, -0.05) is 13.8 Å². The van der Waals surface area contributed by atoms with Gasteiger partial charge < -0.3 is 5.32 Å². The third-order valence-electron chi connectivity index (χ3n) is 3.72. The predicted octanol–water partition coefficient (Wildman–Crippen LogP) is 1.45. The molecule has 1 aliphatic rings. The fourth-order valence-electron chi connectivity index (χ4n) is 2.31. The van der Waals surface area contributed by atoms with Crippen LogP contribution in [0.2, 0.25) is 0 Å². The Bertz CT molecular complexity index is 294. The maximum Gasteiger partial charge on any atom is 0.237 e. The summed E-state index contributed by atoms with van der Waals surface area (Å²) in [6.07, 6.45) is 1.77. The van der Waals surface area contributed by atoms with Gasteiger partial charge in [0, 0.05) is 12.5 Å². The first-order chi connectivity index (χ1) is 8.41. The van der Waals surface area contributed by atoms with Crippen molar-refractivity contribution in [2.45, 2.75) is 46.6 Å². The zero-order valence-corrected chi connectivity index (χ0v) is 12.0. The second-order valence-corrected chi connectivity index (χ2v) is 5.74. The average molecular weight is 254 g/mol. The lowest BCUT2D eigenvalue weighted by molar-refractivity contribution is -0.127. The van der Waals surface area contributed by atoms with Crippen molar-refractivity contribution in [2.24, 2.45) is 11.8 Å². The highest BCUT2D eigenvalue weighted by Crippen LogP contribution is 2.19. The zero-order valence-electron chi connectivity index (χ0n) is 12.0. The van der Waals surface area contributed by atoms with Crippen LogP contribution in [0.1, 0.15) is 40.5 Å². The molecule has 104 valence electrons. The molecule has 0 aliphatic carbocycles. The van der Waals surface area contributed by atoms with Crippen molar-refractivity contribution in [3.8, 4) is 0 Å². The average Bonchev–Trinajstić information content (AvgIpc) is 2.35. The van der Waals surface area contributed by atoms with Crippen molar-refractivity contribution in [1.29, 1.82) is 0 Å². The summed E-state index contributed by atoms with van der Waals surface area (Å²) in [7, 11) is 0. The number of nitrogens with one attached hydrogen (secondary N) is 1. The van der Waals surface area contributed by atoms with E-state index in [0.29, 0.717) is 5.92 Å². The third-order valence-corrected chi connectivity index (χ3v) is 3.72. The molecular weight excluding hydrogens is 228 g/mol. The molecule has 18 heavy (non-hydrogen) atoms. The van der Waals surface area contributed by atoms with Crippen LogP contribution in [-0.2, 0) is 9.59 Å². The number of ketones is 1. The number of carbonyl (C=O) groups excluding carboxylic acids is 2. The standard InChI is InChI=1S/C14H26N2O2/c1-10(2)9-15-14(18)11(3)16-7-5-13(6-8-16)12(4)17/h10-11,13H,5-9H2,1-4H3,(H,15,18). The molecule has 0 bridgehead atoms. The van der Waals surface area contributed by atoms with E-state index in [2.05, 4.69) is 24.1 Å². The van der Waals surface area contributed by atoms with Crippen LogP contribution in [0.5, 0.6) is 0 Å². The summed E-state index contributed by atoms with van der Waals surface area (Å²) >= 11 is 0. The van der Waals surface area contributed by atoms with Gasteiger partial charge in [0.2, 0.25) is 5.91 Å². The van der Waals surface area contributed by atoms with E-state index < -0.39 is 0 Å². The molecule has 0 spiro atoms. The van der Waals surface area contributed by atoms with Crippen LogP contribution in [0.4, 0.5) is 0 Å². The predicted molar refractivity (Wildman–Crippen MR) is 72.3 cm³/mol. The number of amides is 1. The summed E-state index contributed by atoms with van der Waals surface area (Å²) in [5.41, 5.74) is 0. The van der Waals surface area contributed by atoms with Gasteiger partial charge in [-0.25, -0.2) is 0 Å². The van der Waals surface area contributed by atoms with Gasteiger partial charge in [-0.2, -0.15) is 0 Å². The van der Waals surface area contributed by atoms with Gasteiger partial charge in [0.25, 0.3) is 0 Å². The third kappa shape index (κ3) is 4.41. The van der Waals surface area contributed by atoms with Crippen LogP contribution in [0, 0.1) is 11.8 Å². The van der Waals surface area contributed by atoms with E-state index in [0.717, 1.165) is 32.5 Å². The molecule has 1 unspecified atom stereocenters. The van der Waals surface area contributed by atoms with E-state index in [-0.39, 0.29) is 23.7 Å². The first-order valence-electron chi connectivity index (χ1n) is 6.94. The van der Waals surface area contributed by atoms with Gasteiger partial charge in [-0.05, 0) is 45.7 Å². The molecule has 1 heterocycles. The lowest BCUT2D eigenvalue weighted by atomic mass is 9.92. The Morgan fingerprint density at radius 2 is 1.78 bits per heavy atom. The molecular formula is C14H26N2O2. The van der Waals surface area contributed by atoms with E-state index in [9.17, 15) is 9.59 Å². The van der Waals surface area contributed by atoms with Crippen LogP contribution < -0.4 is 5.32 Å². The van der Waals surface area contributed by atoms with Crippen LogP contribution in [0.15, 0.2) is 0 Å². The highest BCUT2D eigenvalue weighted by Gasteiger charge is 2.27. The molecule has 4 nitrogen and oxygen atoms in total. The summed E-state index contributed by atoms with van der Waals surface area (Å²) < 4.78 is 0. The Balaban J connectivity index is 2.37. The number of piperidine rings is 1. The lowest BCUT2D eigenvalue weighted by Crippen LogP contribution is -2.49. The maximum atomic E-state index is 11.9. The van der Waals surface area contributed by atoms with Gasteiger partial charge in [-0.15, -0.1) is 0 Å². The summed E-state index contributed by atoms with van der Waals surface area (Å²) in [6, 6.07) is -0.0864. The van der Waals surface area contributed by atoms with E-state index in [1.165, 1.54) is 0 Å². The minimum absolute atomic E-state index is 0.0864. The molecule has 1 atom stereocenters. The molecule has 0 saturated carbocycles. The molecule has 1 N–H and O–H groups in total. The molecule has 4 heteroatoms. The highest BCUT2D eigenvalue weighted by molar-refractivity contribution is 5.81. The van der Waals surface area contributed by atoms with E-state index in [4.69, 9.17) is 0 Å². The largest absolute Gasteiger partial charge is 0.354 e. The Kier molecular flexibility index (Phi) is 5.79. The number of hydrogen-bond donors (Lipinski definition) is 1. The van der Waals surface area contributed by atoms with Gasteiger partial charge >= 0.3 is 0 Å². The Hall–Kier alpha value is -0.900. The number of Topliss-reactive ketones (excluding diaryl/α,β-unsaturated/α-hetero) is 1. The van der Waals surface area contributed by atoms with E-state index >= 15 is 0 Å². The summed E-state index contributed by atoms with van der Waals surface area (Å²) in [5.74, 6) is 1.06. The minimum Gasteiger partial charge on any atom is -0.354 e. The van der Waals surface area contributed by atoms with Crippen LogP contribution in [0.3, 0.4) is 0 Å². The first-order valence-corrected chi connectivity index (χ1v) is 6.94. The fourth-order valence-corrected chi connectivity index (χ4v) is 2.31. The summed E-state index contributed by atoms with van der Waals surface area (Å²) in [5, 5.41) is 2.97. The number of rotatable bonds is 5. The molecule has 1 rings (SSSR count). The number of hydrogen-bond acceptors (Lipinski definition) is 3. The van der Waals surface area contributed by atoms with Crippen molar-refractivity contribution in [3.63, 3.8) is 0 Å². The van der Waals surface area contributed by atoms with Crippen LogP contribution in [-0.4, -0.2) is 42.3 Å². The molecule has 1 aliphatic heterocycles. The quantitative estimate of drug-likeness (QED) is 0.808. The SMILES string of the molecule is CC(=O)C1CCN(C(C)C(=O)NCC(C)C)CC1. The molecule has 1 amide bonds. The topological polar surface area (TPSA) is 49.4 Å². The van der Waals surface area contributed by atoms with Crippen molar-refractivity contribution in [1.82, 2.24) is 10.2 Å². The normalized spacial score (nSPS) is 19.8. The van der Waals surface area contributed by atoms with Crippen molar-refractivity contribution >= 4 is 11.7 Å². The molecule has 0 aromatic rings. The van der Waals surface area contributed by atoms with Crippen LogP contribution in [0.25, 0.3) is 0 Å². The van der Waals surface area contributed by atoms with Crippen molar-refractivity contribution in [2.75, 3.05) is 19.6 Å². The Labute approximate surface area is 110 Å². The number of carbonyl (C=O) groups is 2. The van der Waals surface area contributed by atoms with Crippen molar-refractivity contribution in [3.05, 3.63) is 0 Å². The number of nitrogens with zero attached hydrogens (tertiary/aromatic N) is 1. The summed E-state index contributed by atoms with van der Waals surface area (Å²) in [6.45, 7) is 10.2. The zero-order chi connectivity index (χ0) is 13.7. The lowest BCUT2D eigenvalue weighted by Gasteiger charge is -2.34. The maximum absolute atomic E-state index is 11.9. The summed E-state index contributed by atoms with van der Waals surface area (Å²) in [4.78, 5) is 25.4. The molecule has 1 saturated heterocycles. The number of likely N-dealkylation sites (tertiary alicyclic amines) is 1. The van der Waals surface area contributed by atoms with Crippen LogP contribution >= 0.6 is 0 Å². The Morgan fingerprint density at radius 1 is 1.22 bits per heavy atom. The monoisotopic (exact) mass is 254 g/mol. The van der Waals surface area contributed by atoms with E-state index in [1.54, 1.807) is 6.92 Å². The minimum atomic E-state index is -0.0864. The van der Waals surface area contributed by atoms with E-state index in [1.807, 2.05) is 6.92 Å². The van der Waals surface area contributed by atoms with Gasteiger partial charge in [0.05, 0.1) is 6.04 Å². The molecule has 0 radical (unpaired) electrons. The van der Waals surface area contributed by atoms with Gasteiger partial charge in [0.1, 0.15) is 5.78 Å². The fraction of sp³-hybridized carbons (Fsp3) is 0.857. The molecule has 0 aromatic heterocycles. The highest BCUT2D eigenvalue weighted by atomic mass is 16.2.